The van der Waals surface area contributed by atoms with Gasteiger partial charge in [0.25, 0.3) is 5.56 Å². The minimum atomic E-state index is -1.11. The highest BCUT2D eigenvalue weighted by Gasteiger charge is 2.38. The van der Waals surface area contributed by atoms with Crippen LogP contribution in [-0.4, -0.2) is 41.1 Å². The highest BCUT2D eigenvalue weighted by atomic mass is 16.5. The summed E-state index contributed by atoms with van der Waals surface area (Å²) in [5.74, 6) is -1.48. The number of hydrogen-bond acceptors (Lipinski definition) is 7. The lowest BCUT2D eigenvalue weighted by Gasteiger charge is -2.37. The number of benzene rings is 5. The molecular formula is C50H48N4O7. The van der Waals surface area contributed by atoms with Gasteiger partial charge in [0, 0.05) is 31.2 Å². The molecule has 0 spiro atoms. The second kappa shape index (κ2) is 21.5. The molecule has 0 bridgehead atoms. The van der Waals surface area contributed by atoms with Gasteiger partial charge in [0.15, 0.2) is 0 Å². The van der Waals surface area contributed by atoms with Crippen LogP contribution in [0.15, 0.2) is 187 Å². The molecule has 0 fully saturated rings. The van der Waals surface area contributed by atoms with Gasteiger partial charge < -0.3 is 24.7 Å². The molecule has 0 aliphatic heterocycles. The summed E-state index contributed by atoms with van der Waals surface area (Å²) >= 11 is 0. The minimum absolute atomic E-state index is 0.00276. The number of pyridine rings is 1. The van der Waals surface area contributed by atoms with Crippen molar-refractivity contribution in [2.75, 3.05) is 11.9 Å². The van der Waals surface area contributed by atoms with Crippen molar-refractivity contribution in [3.8, 4) is 0 Å². The van der Waals surface area contributed by atoms with Gasteiger partial charge in [-0.2, -0.15) is 0 Å². The van der Waals surface area contributed by atoms with E-state index in [1.165, 1.54) is 29.0 Å². The highest BCUT2D eigenvalue weighted by molar-refractivity contribution is 5.85. The van der Waals surface area contributed by atoms with E-state index in [1.807, 2.05) is 152 Å². The van der Waals surface area contributed by atoms with E-state index >= 15 is 0 Å². The Kier molecular flexibility index (Phi) is 15.2. The molecule has 0 aliphatic rings. The van der Waals surface area contributed by atoms with Crippen LogP contribution in [0.4, 0.5) is 10.5 Å². The third-order valence-electron chi connectivity index (χ3n) is 10.0. The molecule has 0 radical (unpaired) electrons. The fourth-order valence-corrected chi connectivity index (χ4v) is 7.09. The van der Waals surface area contributed by atoms with Crippen molar-refractivity contribution >= 4 is 29.6 Å². The average molecular weight is 817 g/mol. The van der Waals surface area contributed by atoms with E-state index in [0.29, 0.717) is 0 Å². The van der Waals surface area contributed by atoms with E-state index < -0.39 is 41.2 Å². The lowest BCUT2D eigenvalue weighted by Crippen LogP contribution is -2.48. The zero-order valence-electron chi connectivity index (χ0n) is 33.8. The Hall–Kier alpha value is -7.53. The van der Waals surface area contributed by atoms with E-state index in [2.05, 4.69) is 16.0 Å². The maximum atomic E-state index is 14.5. The third-order valence-corrected chi connectivity index (χ3v) is 10.0. The van der Waals surface area contributed by atoms with Crippen LogP contribution in [0.1, 0.15) is 53.6 Å². The molecule has 11 nitrogen and oxygen atoms in total. The monoisotopic (exact) mass is 816 g/mol. The zero-order valence-corrected chi connectivity index (χ0v) is 33.8. The Morgan fingerprint density at radius 2 is 1.20 bits per heavy atom. The maximum Gasteiger partial charge on any atom is 0.412 e. The van der Waals surface area contributed by atoms with Crippen LogP contribution >= 0.6 is 0 Å². The fourth-order valence-electron chi connectivity index (χ4n) is 7.09. The Bertz CT molecular complexity index is 2350. The molecule has 310 valence electrons. The first kappa shape index (κ1) is 43.1. The third kappa shape index (κ3) is 11.6. The zero-order chi connectivity index (χ0) is 42.9. The van der Waals surface area contributed by atoms with Crippen molar-refractivity contribution in [1.82, 2.24) is 15.2 Å². The first-order valence-corrected chi connectivity index (χ1v) is 20.1. The number of rotatable bonds is 18. The van der Waals surface area contributed by atoms with Crippen LogP contribution in [0.25, 0.3) is 0 Å². The number of nitrogens with zero attached hydrogens (tertiary/aromatic N) is 1. The van der Waals surface area contributed by atoms with E-state index in [0.717, 1.165) is 27.8 Å². The number of aromatic nitrogens is 1. The molecular weight excluding hydrogens is 769 g/mol. The summed E-state index contributed by atoms with van der Waals surface area (Å²) in [6, 6.07) is 48.5. The lowest BCUT2D eigenvalue weighted by molar-refractivity contribution is -0.137. The van der Waals surface area contributed by atoms with E-state index in [-0.39, 0.29) is 44.1 Å². The number of ether oxygens (including phenoxy) is 2. The van der Waals surface area contributed by atoms with Gasteiger partial charge in [-0.15, -0.1) is 0 Å². The molecule has 6 aromatic rings. The molecule has 0 saturated carbocycles. The molecule has 1 aromatic heterocycles. The summed E-state index contributed by atoms with van der Waals surface area (Å²) in [6.45, 7) is 1.83. The summed E-state index contributed by atoms with van der Waals surface area (Å²) in [4.78, 5) is 68.0. The number of carbonyl (C=O) groups is 4. The van der Waals surface area contributed by atoms with Crippen LogP contribution in [0.2, 0.25) is 0 Å². The smallest absolute Gasteiger partial charge is 0.412 e. The molecule has 2 atom stereocenters. The summed E-state index contributed by atoms with van der Waals surface area (Å²) < 4.78 is 11.7. The Labute approximate surface area is 355 Å². The van der Waals surface area contributed by atoms with Gasteiger partial charge in [0.1, 0.15) is 23.9 Å². The van der Waals surface area contributed by atoms with E-state index in [4.69, 9.17) is 9.47 Å². The summed E-state index contributed by atoms with van der Waals surface area (Å²) in [5.41, 5.74) is 2.32. The van der Waals surface area contributed by atoms with Gasteiger partial charge in [0.05, 0.1) is 6.61 Å². The quantitative estimate of drug-likeness (QED) is 0.0455. The molecule has 0 unspecified atom stereocenters. The number of amides is 3. The number of carbonyl (C=O) groups excluding carboxylic acids is 4. The van der Waals surface area contributed by atoms with Crippen molar-refractivity contribution in [1.29, 1.82) is 0 Å². The topological polar surface area (TPSA) is 145 Å². The molecule has 6 rings (SSSR count). The predicted octanol–water partition coefficient (Wildman–Crippen LogP) is 7.87. The predicted molar refractivity (Wildman–Crippen MR) is 234 cm³/mol. The van der Waals surface area contributed by atoms with Crippen LogP contribution < -0.4 is 21.5 Å². The second-order valence-electron chi connectivity index (χ2n) is 14.2. The van der Waals surface area contributed by atoms with Crippen LogP contribution in [0, 0.1) is 0 Å². The Morgan fingerprint density at radius 1 is 0.672 bits per heavy atom. The SMILES string of the molecule is CCOC(=O)/C=C/[C@H](CCC(=O)NC(c1ccccc1)(c1ccccc1)c1ccccc1)NC(=O)[C@H](Cc1ccccc1)n1cccc(NC(=O)OCc2ccccc2)c1=O. The Morgan fingerprint density at radius 3 is 1.74 bits per heavy atom. The number of anilines is 1. The first-order valence-electron chi connectivity index (χ1n) is 20.1. The first-order chi connectivity index (χ1) is 29.8. The number of nitrogens with one attached hydrogen (secondary N) is 3. The van der Waals surface area contributed by atoms with Gasteiger partial charge >= 0.3 is 12.1 Å². The second-order valence-corrected chi connectivity index (χ2v) is 14.2. The molecule has 11 heteroatoms. The van der Waals surface area contributed by atoms with Crippen LogP contribution in [0.5, 0.6) is 0 Å². The minimum Gasteiger partial charge on any atom is -0.463 e. The van der Waals surface area contributed by atoms with Gasteiger partial charge in [-0.05, 0) is 53.3 Å². The highest BCUT2D eigenvalue weighted by Crippen LogP contribution is 2.37. The Balaban J connectivity index is 1.27. The van der Waals surface area contributed by atoms with Crippen LogP contribution in [-0.2, 0) is 42.4 Å². The fraction of sp³-hybridized carbons (Fsp3) is 0.180. The molecule has 0 saturated heterocycles. The average Bonchev–Trinajstić information content (AvgIpc) is 3.30. The van der Waals surface area contributed by atoms with Crippen molar-refractivity contribution in [2.24, 2.45) is 0 Å². The summed E-state index contributed by atoms with van der Waals surface area (Å²) in [7, 11) is 0. The van der Waals surface area contributed by atoms with Gasteiger partial charge in [-0.25, -0.2) is 9.59 Å². The number of hydrogen-bond donors (Lipinski definition) is 3. The largest absolute Gasteiger partial charge is 0.463 e. The molecule has 3 amide bonds. The van der Waals surface area contributed by atoms with Gasteiger partial charge in [-0.3, -0.25) is 19.7 Å². The maximum absolute atomic E-state index is 14.5. The number of esters is 1. The van der Waals surface area contributed by atoms with Crippen LogP contribution in [0.3, 0.4) is 0 Å². The molecule has 5 aromatic carbocycles. The molecule has 3 N–H and O–H groups in total. The van der Waals surface area contributed by atoms with Crippen molar-refractivity contribution in [3.05, 3.63) is 220 Å². The standard InChI is InChI=1S/C50H48N4O7/c1-2-60-46(56)33-31-42(30-32-45(55)53-50(39-23-12-5-13-24-39,40-25-14-6-15-26-40)41-27-16-7-17-28-41)51-47(57)44(35-37-19-8-3-9-20-37)54-34-18-29-43(48(54)58)52-49(59)61-36-38-21-10-4-11-22-38/h3-29,31,33-34,42,44H,2,30,32,35-36H2,1H3,(H,51,57)(H,52,59)(H,53,55)/b33-31+/t42-,44-/m0/s1. The lowest BCUT2D eigenvalue weighted by atomic mass is 9.77. The summed E-state index contributed by atoms with van der Waals surface area (Å²) in [5, 5.41) is 8.85. The van der Waals surface area contributed by atoms with E-state index in [1.54, 1.807) is 13.0 Å². The summed E-state index contributed by atoms with van der Waals surface area (Å²) in [6.07, 6.45) is 3.49. The van der Waals surface area contributed by atoms with Crippen molar-refractivity contribution in [3.63, 3.8) is 0 Å². The van der Waals surface area contributed by atoms with Crippen molar-refractivity contribution in [2.45, 2.75) is 50.4 Å². The molecule has 1 heterocycles. The van der Waals surface area contributed by atoms with Gasteiger partial charge in [0.2, 0.25) is 11.8 Å². The molecule has 0 aliphatic carbocycles. The molecule has 61 heavy (non-hydrogen) atoms. The van der Waals surface area contributed by atoms with Crippen molar-refractivity contribution < 1.29 is 28.7 Å². The normalized spacial score (nSPS) is 12.1. The van der Waals surface area contributed by atoms with E-state index in [9.17, 15) is 24.0 Å². The van der Waals surface area contributed by atoms with Gasteiger partial charge in [-0.1, -0.05) is 158 Å².